The molecule has 1 aliphatic rings. The third-order valence-electron chi connectivity index (χ3n) is 3.87. The van der Waals surface area contributed by atoms with Gasteiger partial charge in [0.2, 0.25) is 0 Å². The number of hydrogen-bond acceptors (Lipinski definition) is 7. The standard InChI is InChI=1S/C13H22N4O2S/c1-4-16(5-2)9-6-7-17(8-9)12-10(13(18)19-3)11(14)15-20-12/h9H,4-8H2,1-3H3,(H2,14,15). The molecule has 0 saturated carbocycles. The largest absolute Gasteiger partial charge is 0.465 e. The number of carbonyl (C=O) groups is 1. The molecule has 1 aromatic rings. The molecule has 6 nitrogen and oxygen atoms in total. The molecule has 0 radical (unpaired) electrons. The molecular weight excluding hydrogens is 276 g/mol. The number of nitrogen functional groups attached to an aromatic ring is 1. The molecule has 0 spiro atoms. The fourth-order valence-electron chi connectivity index (χ4n) is 2.77. The minimum atomic E-state index is -0.405. The predicted octanol–water partition coefficient (Wildman–Crippen LogP) is 1.43. The van der Waals surface area contributed by atoms with Crippen LogP contribution in [0.5, 0.6) is 0 Å². The number of carbonyl (C=O) groups excluding carboxylic acids is 1. The number of methoxy groups -OCH3 is 1. The first-order chi connectivity index (χ1) is 9.62. The lowest BCUT2D eigenvalue weighted by Crippen LogP contribution is -2.37. The van der Waals surface area contributed by atoms with Gasteiger partial charge in [-0.05, 0) is 31.0 Å². The minimum absolute atomic E-state index is 0.267. The topological polar surface area (TPSA) is 71.7 Å². The Labute approximate surface area is 123 Å². The van der Waals surface area contributed by atoms with Crippen molar-refractivity contribution in [3.05, 3.63) is 5.56 Å². The van der Waals surface area contributed by atoms with E-state index in [2.05, 4.69) is 28.0 Å². The zero-order valence-electron chi connectivity index (χ0n) is 12.3. The van der Waals surface area contributed by atoms with Crippen molar-refractivity contribution in [3.8, 4) is 0 Å². The van der Waals surface area contributed by atoms with E-state index in [0.29, 0.717) is 11.6 Å². The van der Waals surface area contributed by atoms with E-state index in [0.717, 1.165) is 37.6 Å². The van der Waals surface area contributed by atoms with Crippen molar-refractivity contribution >= 4 is 28.3 Å². The van der Waals surface area contributed by atoms with E-state index in [-0.39, 0.29) is 5.82 Å². The third kappa shape index (κ3) is 2.73. The highest BCUT2D eigenvalue weighted by Gasteiger charge is 2.31. The summed E-state index contributed by atoms with van der Waals surface area (Å²) in [5.74, 6) is -0.138. The molecule has 2 N–H and O–H groups in total. The van der Waals surface area contributed by atoms with Crippen LogP contribution in [0.25, 0.3) is 0 Å². The molecule has 20 heavy (non-hydrogen) atoms. The monoisotopic (exact) mass is 298 g/mol. The van der Waals surface area contributed by atoms with Crippen LogP contribution in [-0.2, 0) is 4.74 Å². The smallest absolute Gasteiger partial charge is 0.344 e. The zero-order chi connectivity index (χ0) is 14.7. The van der Waals surface area contributed by atoms with E-state index in [4.69, 9.17) is 10.5 Å². The molecule has 1 aromatic heterocycles. The average Bonchev–Trinajstić information content (AvgIpc) is 3.06. The van der Waals surface area contributed by atoms with E-state index in [1.807, 2.05) is 0 Å². The van der Waals surface area contributed by atoms with Gasteiger partial charge in [0.25, 0.3) is 0 Å². The number of likely N-dealkylation sites (N-methyl/N-ethyl adjacent to an activating group) is 1. The van der Waals surface area contributed by atoms with Gasteiger partial charge in [0, 0.05) is 19.1 Å². The van der Waals surface area contributed by atoms with Crippen LogP contribution >= 0.6 is 11.5 Å². The zero-order valence-corrected chi connectivity index (χ0v) is 13.1. The summed E-state index contributed by atoms with van der Waals surface area (Å²) >= 11 is 1.28. The lowest BCUT2D eigenvalue weighted by molar-refractivity contribution is 0.0603. The SMILES string of the molecule is CCN(CC)C1CCN(c2snc(N)c2C(=O)OC)C1. The average molecular weight is 298 g/mol. The first kappa shape index (κ1) is 15.1. The first-order valence-electron chi connectivity index (χ1n) is 6.94. The van der Waals surface area contributed by atoms with E-state index in [1.165, 1.54) is 18.6 Å². The highest BCUT2D eigenvalue weighted by molar-refractivity contribution is 7.11. The van der Waals surface area contributed by atoms with Crippen molar-refractivity contribution in [2.45, 2.75) is 26.3 Å². The molecule has 1 aliphatic heterocycles. The van der Waals surface area contributed by atoms with E-state index in [9.17, 15) is 4.79 Å². The summed E-state index contributed by atoms with van der Waals surface area (Å²) in [5.41, 5.74) is 6.21. The maximum atomic E-state index is 11.8. The molecule has 0 amide bonds. The molecule has 1 unspecified atom stereocenters. The highest BCUT2D eigenvalue weighted by atomic mass is 32.1. The van der Waals surface area contributed by atoms with Gasteiger partial charge < -0.3 is 15.4 Å². The Morgan fingerprint density at radius 2 is 2.25 bits per heavy atom. The Kier molecular flexibility index (Phi) is 4.82. The van der Waals surface area contributed by atoms with Gasteiger partial charge in [-0.1, -0.05) is 13.8 Å². The van der Waals surface area contributed by atoms with Crippen LogP contribution in [0.4, 0.5) is 10.8 Å². The van der Waals surface area contributed by atoms with Gasteiger partial charge >= 0.3 is 5.97 Å². The van der Waals surface area contributed by atoms with Crippen molar-refractivity contribution in [2.24, 2.45) is 0 Å². The molecule has 2 heterocycles. The molecular formula is C13H22N4O2S. The first-order valence-corrected chi connectivity index (χ1v) is 7.72. The second kappa shape index (κ2) is 6.41. The molecule has 0 aliphatic carbocycles. The van der Waals surface area contributed by atoms with Gasteiger partial charge in [-0.25, -0.2) is 4.79 Å². The van der Waals surface area contributed by atoms with Crippen molar-refractivity contribution in [1.29, 1.82) is 0 Å². The summed E-state index contributed by atoms with van der Waals surface area (Å²) < 4.78 is 8.91. The molecule has 7 heteroatoms. The van der Waals surface area contributed by atoms with Gasteiger partial charge in [-0.15, -0.1) is 0 Å². The van der Waals surface area contributed by atoms with Crippen molar-refractivity contribution < 1.29 is 9.53 Å². The van der Waals surface area contributed by atoms with Crippen LogP contribution in [0.15, 0.2) is 0 Å². The van der Waals surface area contributed by atoms with Crippen molar-refractivity contribution in [3.63, 3.8) is 0 Å². The van der Waals surface area contributed by atoms with Crippen LogP contribution in [-0.4, -0.2) is 54.6 Å². The molecule has 0 bridgehead atoms. The van der Waals surface area contributed by atoms with Crippen LogP contribution in [0.1, 0.15) is 30.6 Å². The van der Waals surface area contributed by atoms with Crippen LogP contribution < -0.4 is 10.6 Å². The summed E-state index contributed by atoms with van der Waals surface area (Å²) in [4.78, 5) is 16.5. The Hall–Kier alpha value is -1.34. The van der Waals surface area contributed by atoms with Gasteiger partial charge in [-0.3, -0.25) is 4.90 Å². The summed E-state index contributed by atoms with van der Waals surface area (Å²) in [6.07, 6.45) is 1.10. The number of hydrogen-bond donors (Lipinski definition) is 1. The molecule has 1 fully saturated rings. The Balaban J connectivity index is 2.16. The Morgan fingerprint density at radius 3 is 2.85 bits per heavy atom. The number of esters is 1. The predicted molar refractivity (Wildman–Crippen MR) is 81.4 cm³/mol. The van der Waals surface area contributed by atoms with Crippen molar-refractivity contribution in [1.82, 2.24) is 9.27 Å². The van der Waals surface area contributed by atoms with Crippen LogP contribution in [0.2, 0.25) is 0 Å². The lowest BCUT2D eigenvalue weighted by atomic mass is 10.2. The summed E-state index contributed by atoms with van der Waals surface area (Å²) in [5, 5.41) is 0.837. The second-order valence-corrected chi connectivity index (χ2v) is 5.60. The molecule has 112 valence electrons. The van der Waals surface area contributed by atoms with Crippen molar-refractivity contribution in [2.75, 3.05) is 43.9 Å². The number of nitrogens with zero attached hydrogens (tertiary/aromatic N) is 3. The number of aromatic nitrogens is 1. The quantitative estimate of drug-likeness (QED) is 0.829. The van der Waals surface area contributed by atoms with Gasteiger partial charge in [0.05, 0.1) is 7.11 Å². The molecule has 1 saturated heterocycles. The molecule has 0 aromatic carbocycles. The Morgan fingerprint density at radius 1 is 1.55 bits per heavy atom. The Bertz CT molecular complexity index is 473. The van der Waals surface area contributed by atoms with E-state index < -0.39 is 5.97 Å². The van der Waals surface area contributed by atoms with Gasteiger partial charge in [-0.2, -0.15) is 4.37 Å². The normalized spacial score (nSPS) is 18.8. The van der Waals surface area contributed by atoms with Crippen LogP contribution in [0, 0.1) is 0 Å². The fourth-order valence-corrected chi connectivity index (χ4v) is 3.60. The third-order valence-corrected chi connectivity index (χ3v) is 4.79. The number of nitrogens with two attached hydrogens (primary N) is 1. The number of rotatable bonds is 5. The van der Waals surface area contributed by atoms with Crippen LogP contribution in [0.3, 0.4) is 0 Å². The number of ether oxygens (including phenoxy) is 1. The second-order valence-electron chi connectivity index (χ2n) is 4.85. The molecule has 2 rings (SSSR count). The highest BCUT2D eigenvalue weighted by Crippen LogP contribution is 2.34. The van der Waals surface area contributed by atoms with E-state index >= 15 is 0 Å². The summed E-state index contributed by atoms with van der Waals surface area (Å²) in [6.45, 7) is 8.28. The van der Waals surface area contributed by atoms with E-state index in [1.54, 1.807) is 0 Å². The maximum absolute atomic E-state index is 11.8. The summed E-state index contributed by atoms with van der Waals surface area (Å²) in [7, 11) is 1.37. The minimum Gasteiger partial charge on any atom is -0.465 e. The summed E-state index contributed by atoms with van der Waals surface area (Å²) in [6, 6.07) is 0.527. The molecule has 1 atom stereocenters. The fraction of sp³-hybridized carbons (Fsp3) is 0.692. The van der Waals surface area contributed by atoms with Gasteiger partial charge in [0.15, 0.2) is 5.82 Å². The maximum Gasteiger partial charge on any atom is 0.344 e. The van der Waals surface area contributed by atoms with Gasteiger partial charge in [0.1, 0.15) is 10.6 Å². The lowest BCUT2D eigenvalue weighted by Gasteiger charge is -2.26. The number of anilines is 2.